The summed E-state index contributed by atoms with van der Waals surface area (Å²) in [5.74, 6) is 1.00. The molecule has 0 radical (unpaired) electrons. The Morgan fingerprint density at radius 3 is 2.91 bits per heavy atom. The molecule has 33 heavy (non-hydrogen) atoms. The molecule has 2 N–H and O–H groups in total. The smallest absolute Gasteiger partial charge is 0.348 e. The van der Waals surface area contributed by atoms with Gasteiger partial charge in [0.1, 0.15) is 11.7 Å². The highest BCUT2D eigenvalue weighted by Gasteiger charge is 2.78. The van der Waals surface area contributed by atoms with Crippen LogP contribution in [0, 0.1) is 28.6 Å². The third-order valence-electron chi connectivity index (χ3n) is 9.22. The number of amides is 1. The third-order valence-corrected chi connectivity index (χ3v) is 9.22. The maximum absolute atomic E-state index is 13.1. The summed E-state index contributed by atoms with van der Waals surface area (Å²) in [5.41, 5.74) is -1.28. The molecule has 3 bridgehead atoms. The number of carbonyl (C=O) groups is 1. The van der Waals surface area contributed by atoms with E-state index in [0.29, 0.717) is 18.4 Å². The van der Waals surface area contributed by atoms with Gasteiger partial charge in [-0.05, 0) is 74.7 Å². The van der Waals surface area contributed by atoms with E-state index < -0.39 is 11.9 Å². The summed E-state index contributed by atoms with van der Waals surface area (Å²) in [6.45, 7) is 0.885. The van der Waals surface area contributed by atoms with Crippen LogP contribution in [0.25, 0.3) is 0 Å². The summed E-state index contributed by atoms with van der Waals surface area (Å²) in [6.07, 6.45) is 4.06. The van der Waals surface area contributed by atoms with Crippen LogP contribution < -0.4 is 10.6 Å². The average molecular weight is 461 g/mol. The zero-order valence-corrected chi connectivity index (χ0v) is 18.3. The molecule has 1 aromatic heterocycles. The molecule has 5 unspecified atom stereocenters. The molecule has 176 valence electrons. The molecule has 0 aromatic carbocycles. The van der Waals surface area contributed by atoms with Crippen molar-refractivity contribution in [2.24, 2.45) is 17.3 Å². The molecule has 7 nitrogen and oxygen atoms in total. The molecule has 1 aliphatic heterocycles. The van der Waals surface area contributed by atoms with Crippen molar-refractivity contribution in [1.29, 1.82) is 5.26 Å². The second-order valence-corrected chi connectivity index (χ2v) is 10.9. The number of hydrogen-bond donors (Lipinski definition) is 2. The average Bonchev–Trinajstić information content (AvgIpc) is 3.36. The molecule has 6 rings (SSSR count). The number of nitrogens with one attached hydrogen (secondary N) is 2. The number of likely N-dealkylation sites (tertiary alicyclic amines) is 1. The van der Waals surface area contributed by atoms with Crippen LogP contribution in [0.2, 0.25) is 0 Å². The summed E-state index contributed by atoms with van der Waals surface area (Å²) in [7, 11) is 0. The van der Waals surface area contributed by atoms with E-state index in [0.717, 1.165) is 57.4 Å². The van der Waals surface area contributed by atoms with E-state index in [1.165, 1.54) is 6.20 Å². The standard InChI is InChI=1S/C23H27F3N6O/c24-23(25,26)17-3-4-28-19(30-17)31-22-8-14-6-20(9-15(10-22)21(22,7-14)13-20)29-12-18(33)32-5-1-2-16(32)11-27/h3-4,14-16,29H,1-2,5-10,12-13H2,(H,28,30,31)/t14?,15?,16-,20?,21?,22?/m0/s1. The van der Waals surface area contributed by atoms with E-state index in [2.05, 4.69) is 26.7 Å². The number of rotatable bonds is 5. The molecule has 5 aliphatic rings. The number of hydrogen-bond acceptors (Lipinski definition) is 6. The Kier molecular flexibility index (Phi) is 4.36. The molecule has 5 fully saturated rings. The fraction of sp³-hybridized carbons (Fsp3) is 0.739. The minimum Gasteiger partial charge on any atom is -0.348 e. The minimum atomic E-state index is -4.50. The fourth-order valence-electron chi connectivity index (χ4n) is 8.25. The van der Waals surface area contributed by atoms with Crippen molar-refractivity contribution in [2.75, 3.05) is 18.4 Å². The number of nitrogens with zero attached hydrogens (tertiary/aromatic N) is 4. The summed E-state index contributed by atoms with van der Waals surface area (Å²) in [4.78, 5) is 22.4. The van der Waals surface area contributed by atoms with Crippen LogP contribution in [-0.4, -0.2) is 51.0 Å². The van der Waals surface area contributed by atoms with E-state index in [9.17, 15) is 23.2 Å². The molecule has 1 spiro atoms. The van der Waals surface area contributed by atoms with Crippen molar-refractivity contribution >= 4 is 11.9 Å². The molecular formula is C23H27F3N6O. The Balaban J connectivity index is 1.18. The third kappa shape index (κ3) is 3.00. The monoisotopic (exact) mass is 460 g/mol. The number of carbonyl (C=O) groups excluding carboxylic acids is 1. The highest BCUT2D eigenvalue weighted by atomic mass is 19.4. The Morgan fingerprint density at radius 1 is 1.27 bits per heavy atom. The van der Waals surface area contributed by atoms with Crippen LogP contribution in [-0.2, 0) is 11.0 Å². The first-order valence-electron chi connectivity index (χ1n) is 11.8. The summed E-state index contributed by atoms with van der Waals surface area (Å²) >= 11 is 0. The van der Waals surface area contributed by atoms with Crippen LogP contribution in [0.3, 0.4) is 0 Å². The highest BCUT2D eigenvalue weighted by molar-refractivity contribution is 5.79. The van der Waals surface area contributed by atoms with Gasteiger partial charge >= 0.3 is 6.18 Å². The topological polar surface area (TPSA) is 93.9 Å². The van der Waals surface area contributed by atoms with Gasteiger partial charge in [-0.3, -0.25) is 4.79 Å². The maximum Gasteiger partial charge on any atom is 0.433 e. The van der Waals surface area contributed by atoms with Gasteiger partial charge in [-0.25, -0.2) is 9.97 Å². The first-order valence-corrected chi connectivity index (χ1v) is 11.8. The Bertz CT molecular complexity index is 1040. The quantitative estimate of drug-likeness (QED) is 0.702. The maximum atomic E-state index is 13.1. The molecule has 1 aromatic rings. The highest BCUT2D eigenvalue weighted by Crippen LogP contribution is 2.78. The second-order valence-electron chi connectivity index (χ2n) is 10.9. The Labute approximate surface area is 190 Å². The largest absolute Gasteiger partial charge is 0.433 e. The Hall–Kier alpha value is -2.41. The molecule has 1 saturated heterocycles. The Morgan fingerprint density at radius 2 is 2.12 bits per heavy atom. The van der Waals surface area contributed by atoms with Crippen LogP contribution in [0.1, 0.15) is 57.1 Å². The van der Waals surface area contributed by atoms with Crippen LogP contribution in [0.4, 0.5) is 19.1 Å². The van der Waals surface area contributed by atoms with Crippen molar-refractivity contribution in [1.82, 2.24) is 20.2 Å². The van der Waals surface area contributed by atoms with Crippen molar-refractivity contribution in [3.8, 4) is 6.07 Å². The molecule has 1 amide bonds. The SMILES string of the molecule is N#C[C@@H]1CCCN1C(=O)CNC12CC3CC4(Nc5nccc(C(F)(F)F)n5)CC(C1)C4(C3)C2. The molecule has 4 saturated carbocycles. The van der Waals surface area contributed by atoms with E-state index in [-0.39, 0.29) is 40.9 Å². The van der Waals surface area contributed by atoms with Gasteiger partial charge in [0.25, 0.3) is 0 Å². The van der Waals surface area contributed by atoms with Crippen LogP contribution >= 0.6 is 0 Å². The van der Waals surface area contributed by atoms with Crippen LogP contribution in [0.5, 0.6) is 0 Å². The summed E-state index contributed by atoms with van der Waals surface area (Å²) in [6, 6.07) is 2.81. The molecule has 10 heteroatoms. The van der Waals surface area contributed by atoms with Crippen LogP contribution in [0.15, 0.2) is 12.3 Å². The van der Waals surface area contributed by atoms with Gasteiger partial charge in [0.15, 0.2) is 0 Å². The number of anilines is 1. The normalized spacial score (nSPS) is 40.4. The van der Waals surface area contributed by atoms with Crippen molar-refractivity contribution in [3.63, 3.8) is 0 Å². The lowest BCUT2D eigenvalue weighted by atomic mass is 9.51. The van der Waals surface area contributed by atoms with E-state index >= 15 is 0 Å². The lowest BCUT2D eigenvalue weighted by Crippen LogP contribution is -2.62. The molecule has 2 heterocycles. The molecule has 4 aliphatic carbocycles. The van der Waals surface area contributed by atoms with Crippen molar-refractivity contribution in [3.05, 3.63) is 18.0 Å². The van der Waals surface area contributed by atoms with Crippen molar-refractivity contribution < 1.29 is 18.0 Å². The van der Waals surface area contributed by atoms with Gasteiger partial charge in [0, 0.05) is 23.8 Å². The number of alkyl halides is 3. The van der Waals surface area contributed by atoms with Gasteiger partial charge in [-0.1, -0.05) is 0 Å². The van der Waals surface area contributed by atoms with Gasteiger partial charge in [-0.15, -0.1) is 0 Å². The second kappa shape index (κ2) is 6.81. The van der Waals surface area contributed by atoms with E-state index in [4.69, 9.17) is 0 Å². The number of halogens is 3. The van der Waals surface area contributed by atoms with Gasteiger partial charge in [0.2, 0.25) is 11.9 Å². The summed E-state index contributed by atoms with van der Waals surface area (Å²) in [5, 5.41) is 16.3. The lowest BCUT2D eigenvalue weighted by Gasteiger charge is -2.59. The first kappa shape index (κ1) is 21.1. The fourth-order valence-corrected chi connectivity index (χ4v) is 8.25. The van der Waals surface area contributed by atoms with Gasteiger partial charge in [0.05, 0.1) is 12.6 Å². The number of aromatic nitrogens is 2. The predicted octanol–water partition coefficient (Wildman–Crippen LogP) is 3.10. The number of nitriles is 1. The van der Waals surface area contributed by atoms with Crippen molar-refractivity contribution in [2.45, 2.75) is 74.7 Å². The summed E-state index contributed by atoms with van der Waals surface area (Å²) < 4.78 is 39.4. The first-order chi connectivity index (χ1) is 15.7. The zero-order chi connectivity index (χ0) is 23.1. The lowest BCUT2D eigenvalue weighted by molar-refractivity contribution is -0.141. The zero-order valence-electron chi connectivity index (χ0n) is 18.3. The molecule has 6 atom stereocenters. The van der Waals surface area contributed by atoms with E-state index in [1.807, 2.05) is 0 Å². The number of fused-ring (bicyclic) bond motifs is 2. The predicted molar refractivity (Wildman–Crippen MR) is 112 cm³/mol. The van der Waals surface area contributed by atoms with Gasteiger partial charge < -0.3 is 15.5 Å². The van der Waals surface area contributed by atoms with E-state index in [1.54, 1.807) is 4.90 Å². The minimum absolute atomic E-state index is 0.00940. The van der Waals surface area contributed by atoms with Gasteiger partial charge in [-0.2, -0.15) is 18.4 Å². The molecular weight excluding hydrogens is 433 g/mol.